The van der Waals surface area contributed by atoms with Gasteiger partial charge in [-0.3, -0.25) is 5.32 Å². The number of aromatic nitrogens is 1. The van der Waals surface area contributed by atoms with Crippen molar-refractivity contribution >= 4 is 0 Å². The van der Waals surface area contributed by atoms with Gasteiger partial charge in [-0.15, -0.1) is 0 Å². The third kappa shape index (κ3) is 1.41. The van der Waals surface area contributed by atoms with E-state index in [1.807, 2.05) is 6.07 Å². The molecule has 2 aliphatic carbocycles. The van der Waals surface area contributed by atoms with Crippen molar-refractivity contribution < 1.29 is 4.74 Å². The Bertz CT molecular complexity index is 659. The standard InChI is InChI=1S/C17H20N2O/c1-10-6-12-7-14-13(4-5-15(19-14)20-3)17(8-10)16(12)11(2)9-18-17/h4-6,12,18H,7-9H2,1-3H3/t12-,17-/m0/s1. The highest BCUT2D eigenvalue weighted by Crippen LogP contribution is 2.53. The van der Waals surface area contributed by atoms with Gasteiger partial charge in [0.05, 0.1) is 18.3 Å². The van der Waals surface area contributed by atoms with Crippen molar-refractivity contribution in [1.29, 1.82) is 0 Å². The number of nitrogens with zero attached hydrogens (tertiary/aromatic N) is 1. The lowest BCUT2D eigenvalue weighted by atomic mass is 9.63. The Balaban J connectivity index is 1.97. The molecule has 0 saturated heterocycles. The van der Waals surface area contributed by atoms with Crippen LogP contribution < -0.4 is 10.1 Å². The van der Waals surface area contributed by atoms with Crippen LogP contribution in [0, 0.1) is 5.92 Å². The summed E-state index contributed by atoms with van der Waals surface area (Å²) < 4.78 is 5.29. The van der Waals surface area contributed by atoms with Crippen LogP contribution in [0.5, 0.6) is 5.88 Å². The molecule has 1 N–H and O–H groups in total. The summed E-state index contributed by atoms with van der Waals surface area (Å²) >= 11 is 0. The van der Waals surface area contributed by atoms with Crippen LogP contribution in [0.15, 0.2) is 34.9 Å². The molecule has 3 nitrogen and oxygen atoms in total. The van der Waals surface area contributed by atoms with Gasteiger partial charge in [0.1, 0.15) is 0 Å². The molecule has 0 fully saturated rings. The number of hydrogen-bond acceptors (Lipinski definition) is 3. The predicted octanol–water partition coefficient (Wildman–Crippen LogP) is 2.73. The lowest BCUT2D eigenvalue weighted by Gasteiger charge is -2.45. The van der Waals surface area contributed by atoms with Crippen LogP contribution in [0.25, 0.3) is 0 Å². The molecule has 0 aromatic carbocycles. The van der Waals surface area contributed by atoms with Gasteiger partial charge in [0, 0.05) is 24.9 Å². The van der Waals surface area contributed by atoms with Crippen molar-refractivity contribution in [3.05, 3.63) is 46.2 Å². The number of pyridine rings is 1. The molecule has 4 rings (SSSR count). The summed E-state index contributed by atoms with van der Waals surface area (Å²) in [7, 11) is 1.68. The summed E-state index contributed by atoms with van der Waals surface area (Å²) in [6, 6.07) is 4.20. The van der Waals surface area contributed by atoms with Crippen molar-refractivity contribution in [2.75, 3.05) is 13.7 Å². The summed E-state index contributed by atoms with van der Waals surface area (Å²) in [6.07, 6.45) is 4.51. The minimum Gasteiger partial charge on any atom is -0.481 e. The normalized spacial score (nSPS) is 30.8. The first-order valence-electron chi connectivity index (χ1n) is 7.31. The van der Waals surface area contributed by atoms with E-state index in [0.717, 1.165) is 25.3 Å². The Morgan fingerprint density at radius 3 is 3.00 bits per heavy atom. The largest absolute Gasteiger partial charge is 0.481 e. The molecule has 0 spiro atoms. The van der Waals surface area contributed by atoms with Crippen molar-refractivity contribution in [2.24, 2.45) is 5.92 Å². The van der Waals surface area contributed by atoms with E-state index in [0.29, 0.717) is 5.92 Å². The SMILES string of the molecule is COc1ccc2c(n1)C[C@@H]1C=C(C)C[C@]23NCC(C)=C13. The van der Waals surface area contributed by atoms with E-state index in [1.165, 1.54) is 22.4 Å². The summed E-state index contributed by atoms with van der Waals surface area (Å²) in [5.74, 6) is 1.23. The van der Waals surface area contributed by atoms with Gasteiger partial charge in [0.2, 0.25) is 5.88 Å². The van der Waals surface area contributed by atoms with Gasteiger partial charge in [-0.2, -0.15) is 0 Å². The molecule has 1 aromatic rings. The summed E-state index contributed by atoms with van der Waals surface area (Å²) in [4.78, 5) is 4.71. The smallest absolute Gasteiger partial charge is 0.213 e. The number of nitrogens with one attached hydrogen (secondary N) is 1. The number of rotatable bonds is 1. The predicted molar refractivity (Wildman–Crippen MR) is 78.7 cm³/mol. The minimum absolute atomic E-state index is 0.000435. The van der Waals surface area contributed by atoms with E-state index in [9.17, 15) is 0 Å². The van der Waals surface area contributed by atoms with Gasteiger partial charge in [-0.1, -0.05) is 17.2 Å². The maximum atomic E-state index is 5.29. The fourth-order valence-corrected chi connectivity index (χ4v) is 4.38. The Labute approximate surface area is 119 Å². The van der Waals surface area contributed by atoms with Crippen LogP contribution in [0.2, 0.25) is 0 Å². The highest BCUT2D eigenvalue weighted by Gasteiger charge is 2.50. The Hall–Kier alpha value is -1.61. The first-order valence-corrected chi connectivity index (χ1v) is 7.31. The quantitative estimate of drug-likeness (QED) is 0.795. The van der Waals surface area contributed by atoms with Crippen LogP contribution in [-0.2, 0) is 12.0 Å². The maximum Gasteiger partial charge on any atom is 0.213 e. The molecule has 1 aliphatic heterocycles. The number of hydrogen-bond donors (Lipinski definition) is 1. The summed E-state index contributed by atoms with van der Waals surface area (Å²) in [6.45, 7) is 5.52. The molecular formula is C17H20N2O. The van der Waals surface area contributed by atoms with E-state index < -0.39 is 0 Å². The van der Waals surface area contributed by atoms with E-state index >= 15 is 0 Å². The Kier molecular flexibility index (Phi) is 2.40. The molecule has 2 bridgehead atoms. The van der Waals surface area contributed by atoms with E-state index in [2.05, 4.69) is 31.3 Å². The molecule has 3 aliphatic rings. The second kappa shape index (κ2) is 3.95. The zero-order chi connectivity index (χ0) is 13.9. The second-order valence-corrected chi connectivity index (χ2v) is 6.30. The van der Waals surface area contributed by atoms with Crippen molar-refractivity contribution in [3.8, 4) is 5.88 Å². The maximum absolute atomic E-state index is 5.29. The number of ether oxygens (including phenoxy) is 1. The molecule has 20 heavy (non-hydrogen) atoms. The fourth-order valence-electron chi connectivity index (χ4n) is 4.38. The van der Waals surface area contributed by atoms with Crippen LogP contribution in [-0.4, -0.2) is 18.6 Å². The zero-order valence-corrected chi connectivity index (χ0v) is 12.3. The molecule has 0 amide bonds. The van der Waals surface area contributed by atoms with Gasteiger partial charge in [-0.25, -0.2) is 4.98 Å². The summed E-state index contributed by atoms with van der Waals surface area (Å²) in [5.41, 5.74) is 7.16. The Morgan fingerprint density at radius 1 is 1.35 bits per heavy atom. The lowest BCUT2D eigenvalue weighted by Crippen LogP contribution is -2.47. The highest BCUT2D eigenvalue weighted by atomic mass is 16.5. The number of allylic oxidation sites excluding steroid dienone is 1. The van der Waals surface area contributed by atoms with Crippen molar-refractivity contribution in [3.63, 3.8) is 0 Å². The molecule has 104 valence electrons. The van der Waals surface area contributed by atoms with Crippen LogP contribution >= 0.6 is 0 Å². The average molecular weight is 268 g/mol. The monoisotopic (exact) mass is 268 g/mol. The minimum atomic E-state index is 0.000435. The molecule has 0 unspecified atom stereocenters. The van der Waals surface area contributed by atoms with Crippen LogP contribution in [0.3, 0.4) is 0 Å². The third-order valence-electron chi connectivity index (χ3n) is 5.01. The van der Waals surface area contributed by atoms with Crippen LogP contribution in [0.4, 0.5) is 0 Å². The van der Waals surface area contributed by atoms with Gasteiger partial charge >= 0.3 is 0 Å². The molecule has 1 aromatic heterocycles. The molecule has 2 atom stereocenters. The van der Waals surface area contributed by atoms with E-state index in [1.54, 1.807) is 12.7 Å². The first-order chi connectivity index (χ1) is 9.64. The molecule has 0 radical (unpaired) electrons. The third-order valence-corrected chi connectivity index (χ3v) is 5.01. The topological polar surface area (TPSA) is 34.1 Å². The fraction of sp³-hybridized carbons (Fsp3) is 0.471. The van der Waals surface area contributed by atoms with Crippen LogP contribution in [0.1, 0.15) is 31.5 Å². The lowest BCUT2D eigenvalue weighted by molar-refractivity contribution is 0.352. The van der Waals surface area contributed by atoms with E-state index in [4.69, 9.17) is 9.72 Å². The van der Waals surface area contributed by atoms with Crippen molar-refractivity contribution in [2.45, 2.75) is 32.2 Å². The molecule has 3 heteroatoms. The summed E-state index contributed by atoms with van der Waals surface area (Å²) in [5, 5.41) is 3.78. The molecular weight excluding hydrogens is 248 g/mol. The number of fused-ring (bicyclic) bond motifs is 1. The van der Waals surface area contributed by atoms with Crippen molar-refractivity contribution in [1.82, 2.24) is 10.3 Å². The van der Waals surface area contributed by atoms with Gasteiger partial charge in [0.15, 0.2) is 0 Å². The number of methoxy groups -OCH3 is 1. The molecule has 2 heterocycles. The van der Waals surface area contributed by atoms with Gasteiger partial charge < -0.3 is 4.74 Å². The van der Waals surface area contributed by atoms with E-state index in [-0.39, 0.29) is 5.54 Å². The Morgan fingerprint density at radius 2 is 2.20 bits per heavy atom. The van der Waals surface area contributed by atoms with Gasteiger partial charge in [-0.05, 0) is 37.5 Å². The van der Waals surface area contributed by atoms with Gasteiger partial charge in [0.25, 0.3) is 0 Å². The zero-order valence-electron chi connectivity index (χ0n) is 12.3. The average Bonchev–Trinajstić information content (AvgIpc) is 2.77. The second-order valence-electron chi connectivity index (χ2n) is 6.30. The molecule has 0 saturated carbocycles. The first kappa shape index (κ1) is 12.2. The highest BCUT2D eigenvalue weighted by molar-refractivity contribution is 5.54.